The lowest BCUT2D eigenvalue weighted by Gasteiger charge is -2.05. The Labute approximate surface area is 140 Å². The van der Waals surface area contributed by atoms with E-state index < -0.39 is 0 Å². The van der Waals surface area contributed by atoms with Crippen molar-refractivity contribution in [1.29, 1.82) is 0 Å². The second-order valence-electron chi connectivity index (χ2n) is 5.20. The van der Waals surface area contributed by atoms with Crippen LogP contribution < -0.4 is 5.63 Å². The fraction of sp³-hybridized carbons (Fsp3) is 0.0556. The lowest BCUT2D eigenvalue weighted by Crippen LogP contribution is -2.06. The molecule has 4 heteroatoms. The van der Waals surface area contributed by atoms with Gasteiger partial charge in [0.25, 0.3) is 0 Å². The molecule has 3 nitrogen and oxygen atoms in total. The van der Waals surface area contributed by atoms with Crippen molar-refractivity contribution in [2.75, 3.05) is 0 Å². The van der Waals surface area contributed by atoms with Crippen molar-refractivity contribution in [3.05, 3.63) is 68.6 Å². The largest absolute Gasteiger partial charge is 0.420 e. The van der Waals surface area contributed by atoms with Crippen molar-refractivity contribution < 1.29 is 4.42 Å². The van der Waals surface area contributed by atoms with Crippen LogP contribution in [0.4, 0.5) is 0 Å². The average Bonchev–Trinajstić information content (AvgIpc) is 2.86. The van der Waals surface area contributed by atoms with Crippen LogP contribution in [0, 0.1) is 3.57 Å². The molecule has 0 aliphatic carbocycles. The third-order valence-corrected chi connectivity index (χ3v) is 4.98. The summed E-state index contributed by atoms with van der Waals surface area (Å²) in [6.07, 6.45) is 0. The van der Waals surface area contributed by atoms with Gasteiger partial charge in [0.05, 0.1) is 3.57 Å². The van der Waals surface area contributed by atoms with Gasteiger partial charge in [0, 0.05) is 28.9 Å². The lowest BCUT2D eigenvalue weighted by atomic mass is 10.1. The van der Waals surface area contributed by atoms with Crippen molar-refractivity contribution in [3.8, 4) is 11.3 Å². The minimum Gasteiger partial charge on any atom is -0.420 e. The van der Waals surface area contributed by atoms with Crippen LogP contribution in [-0.2, 0) is 7.05 Å². The summed E-state index contributed by atoms with van der Waals surface area (Å²) in [5.74, 6) is 0.634. The number of rotatable bonds is 1. The number of aromatic nitrogens is 1. The number of para-hydroxylation sites is 1. The zero-order valence-electron chi connectivity index (χ0n) is 11.8. The van der Waals surface area contributed by atoms with Crippen LogP contribution in [0.15, 0.2) is 63.8 Å². The summed E-state index contributed by atoms with van der Waals surface area (Å²) in [7, 11) is 1.90. The highest BCUT2D eigenvalue weighted by molar-refractivity contribution is 14.1. The second-order valence-corrected chi connectivity index (χ2v) is 6.28. The van der Waals surface area contributed by atoms with Gasteiger partial charge in [0.15, 0.2) is 5.76 Å². The van der Waals surface area contributed by atoms with E-state index in [2.05, 4.69) is 22.6 Å². The maximum atomic E-state index is 12.5. The average molecular weight is 401 g/mol. The molecule has 0 spiro atoms. The highest BCUT2D eigenvalue weighted by Crippen LogP contribution is 2.35. The summed E-state index contributed by atoms with van der Waals surface area (Å²) in [6, 6.07) is 17.8. The van der Waals surface area contributed by atoms with E-state index in [1.807, 2.05) is 66.2 Å². The van der Waals surface area contributed by atoms with Crippen LogP contribution in [0.5, 0.6) is 0 Å². The molecule has 2 heterocycles. The molecule has 0 radical (unpaired) electrons. The van der Waals surface area contributed by atoms with E-state index in [-0.39, 0.29) is 5.63 Å². The molecule has 0 aliphatic heterocycles. The summed E-state index contributed by atoms with van der Waals surface area (Å²) < 4.78 is 8.51. The van der Waals surface area contributed by atoms with Crippen LogP contribution in [0.3, 0.4) is 0 Å². The number of halogens is 1. The molecule has 108 valence electrons. The Hall–Kier alpha value is -2.08. The van der Waals surface area contributed by atoms with Gasteiger partial charge in [-0.2, -0.15) is 0 Å². The highest BCUT2D eigenvalue weighted by Gasteiger charge is 2.19. The normalized spacial score (nSPS) is 11.4. The Balaban J connectivity index is 2.23. The second kappa shape index (κ2) is 4.98. The van der Waals surface area contributed by atoms with Crippen molar-refractivity contribution in [2.45, 2.75) is 0 Å². The molecule has 0 unspecified atom stereocenters. The predicted molar refractivity (Wildman–Crippen MR) is 97.1 cm³/mol. The fourth-order valence-corrected chi connectivity index (χ4v) is 3.90. The first kappa shape index (κ1) is 13.6. The van der Waals surface area contributed by atoms with Gasteiger partial charge in [-0.15, -0.1) is 0 Å². The SMILES string of the molecule is Cn1c2ccccc2c2c(I)c(-c3ccccc3)oc(=O)c21. The maximum absolute atomic E-state index is 12.5. The van der Waals surface area contributed by atoms with Crippen molar-refractivity contribution in [2.24, 2.45) is 7.05 Å². The van der Waals surface area contributed by atoms with Crippen molar-refractivity contribution in [1.82, 2.24) is 4.57 Å². The van der Waals surface area contributed by atoms with Gasteiger partial charge in [-0.1, -0.05) is 48.5 Å². The van der Waals surface area contributed by atoms with Gasteiger partial charge in [-0.3, -0.25) is 0 Å². The summed E-state index contributed by atoms with van der Waals surface area (Å²) in [4.78, 5) is 12.5. The van der Waals surface area contributed by atoms with E-state index in [0.29, 0.717) is 11.3 Å². The quantitative estimate of drug-likeness (QED) is 0.439. The van der Waals surface area contributed by atoms with E-state index in [1.165, 1.54) is 0 Å². The summed E-state index contributed by atoms with van der Waals surface area (Å²) in [5, 5.41) is 2.04. The Kier molecular flexibility index (Phi) is 3.07. The topological polar surface area (TPSA) is 35.1 Å². The molecule has 22 heavy (non-hydrogen) atoms. The zero-order chi connectivity index (χ0) is 15.3. The Morgan fingerprint density at radius 1 is 1.00 bits per heavy atom. The molecule has 4 aromatic rings. The van der Waals surface area contributed by atoms with E-state index >= 15 is 0 Å². The van der Waals surface area contributed by atoms with E-state index in [1.54, 1.807) is 0 Å². The number of benzene rings is 2. The molecular weight excluding hydrogens is 389 g/mol. The maximum Gasteiger partial charge on any atom is 0.361 e. The van der Waals surface area contributed by atoms with Gasteiger partial charge in [0.1, 0.15) is 5.52 Å². The molecule has 0 atom stereocenters. The first-order valence-corrected chi connectivity index (χ1v) is 8.01. The van der Waals surface area contributed by atoms with Crippen LogP contribution >= 0.6 is 22.6 Å². The molecule has 2 aromatic heterocycles. The van der Waals surface area contributed by atoms with Crippen molar-refractivity contribution in [3.63, 3.8) is 0 Å². The molecule has 0 aliphatic rings. The molecule has 0 saturated carbocycles. The van der Waals surface area contributed by atoms with Crippen LogP contribution in [-0.4, -0.2) is 4.57 Å². The zero-order valence-corrected chi connectivity index (χ0v) is 14.0. The molecule has 0 amide bonds. The highest BCUT2D eigenvalue weighted by atomic mass is 127. The Morgan fingerprint density at radius 3 is 2.45 bits per heavy atom. The van der Waals surface area contributed by atoms with Gasteiger partial charge in [-0.05, 0) is 28.7 Å². The number of aryl methyl sites for hydroxylation is 1. The summed E-state index contributed by atoms with van der Waals surface area (Å²) in [5.41, 5.74) is 2.27. The van der Waals surface area contributed by atoms with Crippen molar-refractivity contribution >= 4 is 44.4 Å². The van der Waals surface area contributed by atoms with E-state index in [4.69, 9.17) is 4.42 Å². The predicted octanol–water partition coefficient (Wildman–Crippen LogP) is 4.56. The monoisotopic (exact) mass is 401 g/mol. The smallest absolute Gasteiger partial charge is 0.361 e. The molecule has 2 aromatic carbocycles. The van der Waals surface area contributed by atoms with E-state index in [0.717, 1.165) is 25.4 Å². The third kappa shape index (κ3) is 1.83. The number of hydrogen-bond donors (Lipinski definition) is 0. The summed E-state index contributed by atoms with van der Waals surface area (Å²) in [6.45, 7) is 0. The first-order valence-electron chi connectivity index (χ1n) is 6.93. The molecular formula is C18H12INO2. The van der Waals surface area contributed by atoms with Gasteiger partial charge in [0.2, 0.25) is 0 Å². The van der Waals surface area contributed by atoms with E-state index in [9.17, 15) is 4.79 Å². The first-order chi connectivity index (χ1) is 10.7. The summed E-state index contributed by atoms with van der Waals surface area (Å²) >= 11 is 2.27. The number of fused-ring (bicyclic) bond motifs is 3. The minimum absolute atomic E-state index is 0.298. The molecule has 0 fully saturated rings. The molecule has 0 bridgehead atoms. The Bertz CT molecular complexity index is 1060. The van der Waals surface area contributed by atoms with Crippen LogP contribution in [0.1, 0.15) is 0 Å². The number of nitrogens with zero attached hydrogens (tertiary/aromatic N) is 1. The van der Waals surface area contributed by atoms with Gasteiger partial charge >= 0.3 is 5.63 Å². The Morgan fingerprint density at radius 2 is 1.68 bits per heavy atom. The molecule has 4 rings (SSSR count). The van der Waals surface area contributed by atoms with Gasteiger partial charge in [-0.25, -0.2) is 4.79 Å². The lowest BCUT2D eigenvalue weighted by molar-refractivity contribution is 0.528. The number of hydrogen-bond acceptors (Lipinski definition) is 2. The third-order valence-electron chi connectivity index (χ3n) is 3.95. The molecule has 0 N–H and O–H groups in total. The standard InChI is InChI=1S/C18H12INO2/c1-20-13-10-6-5-9-12(13)14-15(19)17(22-18(21)16(14)20)11-7-3-2-4-8-11/h2-10H,1H3. The van der Waals surface area contributed by atoms with Crippen LogP contribution in [0.2, 0.25) is 0 Å². The molecule has 0 saturated heterocycles. The minimum atomic E-state index is -0.298. The van der Waals surface area contributed by atoms with Crippen LogP contribution in [0.25, 0.3) is 33.1 Å². The fourth-order valence-electron chi connectivity index (χ4n) is 2.93. The van der Waals surface area contributed by atoms with Gasteiger partial charge < -0.3 is 8.98 Å².